The van der Waals surface area contributed by atoms with Gasteiger partial charge in [-0.1, -0.05) is 17.7 Å². The van der Waals surface area contributed by atoms with E-state index in [-0.39, 0.29) is 0 Å². The van der Waals surface area contributed by atoms with Gasteiger partial charge in [-0.25, -0.2) is 0 Å². The topological polar surface area (TPSA) is 26.0 Å². The number of aryl methyl sites for hydroxylation is 3. The Bertz CT molecular complexity index is 308. The third-order valence-electron chi connectivity index (χ3n) is 2.42. The molecule has 0 radical (unpaired) electrons. The van der Waals surface area contributed by atoms with E-state index in [4.69, 9.17) is 5.73 Å². The van der Waals surface area contributed by atoms with E-state index in [1.54, 1.807) is 0 Å². The van der Waals surface area contributed by atoms with E-state index in [0.717, 1.165) is 12.2 Å². The lowest BCUT2D eigenvalue weighted by atomic mass is 10.1. The first-order valence-electron chi connectivity index (χ1n) is 5.47. The molecule has 15 heavy (non-hydrogen) atoms. The van der Waals surface area contributed by atoms with Crippen molar-refractivity contribution >= 4 is 11.8 Å². The summed E-state index contributed by atoms with van der Waals surface area (Å²) in [6.07, 6.45) is 1.08. The second kappa shape index (κ2) is 5.57. The molecule has 1 aromatic rings. The molecule has 1 nitrogen and oxygen atoms in total. The number of nitrogens with two attached hydrogens (primary N) is 1. The molecule has 2 heteroatoms. The molecule has 0 heterocycles. The fourth-order valence-electron chi connectivity index (χ4n) is 1.74. The number of benzene rings is 1. The summed E-state index contributed by atoms with van der Waals surface area (Å²) in [7, 11) is 0. The molecule has 1 unspecified atom stereocenters. The second-order valence-electron chi connectivity index (χ2n) is 4.34. The molecule has 0 saturated heterocycles. The first kappa shape index (κ1) is 12.6. The molecule has 0 spiro atoms. The first-order chi connectivity index (χ1) is 7.00. The van der Waals surface area contributed by atoms with Crippen LogP contribution in [0.1, 0.15) is 30.0 Å². The monoisotopic (exact) mass is 223 g/mol. The van der Waals surface area contributed by atoms with Crippen LogP contribution >= 0.6 is 11.8 Å². The van der Waals surface area contributed by atoms with Crippen LogP contribution in [0.4, 0.5) is 0 Å². The zero-order valence-corrected chi connectivity index (χ0v) is 10.9. The van der Waals surface area contributed by atoms with Crippen molar-refractivity contribution < 1.29 is 0 Å². The van der Waals surface area contributed by atoms with Crippen LogP contribution in [-0.2, 0) is 0 Å². The van der Waals surface area contributed by atoms with E-state index >= 15 is 0 Å². The zero-order valence-electron chi connectivity index (χ0n) is 10.1. The van der Waals surface area contributed by atoms with Gasteiger partial charge in [-0.15, -0.1) is 11.8 Å². The summed E-state index contributed by atoms with van der Waals surface area (Å²) in [6, 6.07) is 4.81. The average molecular weight is 223 g/mol. The molecule has 0 amide bonds. The average Bonchev–Trinajstić information content (AvgIpc) is 2.08. The van der Waals surface area contributed by atoms with Gasteiger partial charge in [0, 0.05) is 10.9 Å². The van der Waals surface area contributed by atoms with Crippen molar-refractivity contribution in [3.63, 3.8) is 0 Å². The summed E-state index contributed by atoms with van der Waals surface area (Å²) in [4.78, 5) is 1.43. The van der Waals surface area contributed by atoms with Crippen LogP contribution in [0.2, 0.25) is 0 Å². The molecule has 0 saturated carbocycles. The van der Waals surface area contributed by atoms with Crippen LogP contribution in [-0.4, -0.2) is 11.8 Å². The molecule has 0 aliphatic rings. The highest BCUT2D eigenvalue weighted by molar-refractivity contribution is 7.99. The molecular formula is C13H21NS. The fourth-order valence-corrected chi connectivity index (χ4v) is 3.01. The van der Waals surface area contributed by atoms with Gasteiger partial charge in [0.05, 0.1) is 0 Å². The van der Waals surface area contributed by atoms with Crippen molar-refractivity contribution in [2.45, 2.75) is 45.1 Å². The lowest BCUT2D eigenvalue weighted by Crippen LogP contribution is -2.15. The fraction of sp³-hybridized carbons (Fsp3) is 0.538. The predicted molar refractivity (Wildman–Crippen MR) is 69.6 cm³/mol. The van der Waals surface area contributed by atoms with Gasteiger partial charge >= 0.3 is 0 Å². The maximum absolute atomic E-state index is 5.74. The number of hydrogen-bond acceptors (Lipinski definition) is 2. The van der Waals surface area contributed by atoms with Crippen molar-refractivity contribution in [1.29, 1.82) is 0 Å². The Balaban J connectivity index is 2.68. The van der Waals surface area contributed by atoms with Gasteiger partial charge in [0.1, 0.15) is 0 Å². The lowest BCUT2D eigenvalue weighted by Gasteiger charge is -2.11. The Morgan fingerprint density at radius 1 is 1.20 bits per heavy atom. The Labute approximate surface area is 97.4 Å². The Hall–Kier alpha value is -0.470. The van der Waals surface area contributed by atoms with Gasteiger partial charge < -0.3 is 5.73 Å². The largest absolute Gasteiger partial charge is 0.328 e. The van der Waals surface area contributed by atoms with E-state index in [9.17, 15) is 0 Å². The standard InChI is InChI=1S/C13H21NS/c1-9-7-10(2)13(11(3)8-9)15-6-5-12(4)14/h7-8,12H,5-6,14H2,1-4H3. The molecule has 0 aliphatic heterocycles. The minimum absolute atomic E-state index is 0.309. The molecule has 2 N–H and O–H groups in total. The second-order valence-corrected chi connectivity index (χ2v) is 5.45. The van der Waals surface area contributed by atoms with Crippen molar-refractivity contribution in [3.8, 4) is 0 Å². The third kappa shape index (κ3) is 3.88. The lowest BCUT2D eigenvalue weighted by molar-refractivity contribution is 0.721. The summed E-state index contributed by atoms with van der Waals surface area (Å²) < 4.78 is 0. The Morgan fingerprint density at radius 3 is 2.20 bits per heavy atom. The molecule has 0 bridgehead atoms. The highest BCUT2D eigenvalue weighted by Crippen LogP contribution is 2.28. The van der Waals surface area contributed by atoms with Crippen molar-refractivity contribution in [3.05, 3.63) is 28.8 Å². The molecule has 1 atom stereocenters. The summed E-state index contributed by atoms with van der Waals surface area (Å²) in [5, 5.41) is 0. The van der Waals surface area contributed by atoms with Crippen LogP contribution < -0.4 is 5.73 Å². The predicted octanol–water partition coefficient (Wildman–Crippen LogP) is 3.44. The molecule has 1 aromatic carbocycles. The minimum atomic E-state index is 0.309. The van der Waals surface area contributed by atoms with Crippen LogP contribution in [0.5, 0.6) is 0 Å². The maximum atomic E-state index is 5.74. The van der Waals surface area contributed by atoms with Gasteiger partial charge in [0.25, 0.3) is 0 Å². The SMILES string of the molecule is Cc1cc(C)c(SCCC(C)N)c(C)c1. The number of thioether (sulfide) groups is 1. The minimum Gasteiger partial charge on any atom is -0.328 e. The van der Waals surface area contributed by atoms with E-state index < -0.39 is 0 Å². The third-order valence-corrected chi connectivity index (χ3v) is 3.80. The Morgan fingerprint density at radius 2 is 1.73 bits per heavy atom. The Kier molecular flexibility index (Phi) is 4.68. The van der Waals surface area contributed by atoms with Crippen LogP contribution in [0.15, 0.2) is 17.0 Å². The van der Waals surface area contributed by atoms with Crippen molar-refractivity contribution in [2.75, 3.05) is 5.75 Å². The summed E-state index contributed by atoms with van der Waals surface area (Å²) in [5.41, 5.74) is 9.87. The quantitative estimate of drug-likeness (QED) is 0.791. The van der Waals surface area contributed by atoms with Gasteiger partial charge in [0.2, 0.25) is 0 Å². The highest BCUT2D eigenvalue weighted by Gasteiger charge is 2.04. The van der Waals surface area contributed by atoms with Crippen molar-refractivity contribution in [1.82, 2.24) is 0 Å². The molecular weight excluding hydrogens is 202 g/mol. The number of hydrogen-bond donors (Lipinski definition) is 1. The van der Waals surface area contributed by atoms with Crippen LogP contribution in [0.25, 0.3) is 0 Å². The van der Waals surface area contributed by atoms with Crippen molar-refractivity contribution in [2.24, 2.45) is 5.73 Å². The van der Waals surface area contributed by atoms with E-state index in [0.29, 0.717) is 6.04 Å². The van der Waals surface area contributed by atoms with Gasteiger partial charge in [-0.2, -0.15) is 0 Å². The first-order valence-corrected chi connectivity index (χ1v) is 6.45. The maximum Gasteiger partial charge on any atom is 0.0131 e. The number of rotatable bonds is 4. The van der Waals surface area contributed by atoms with Gasteiger partial charge in [-0.05, 0) is 51.0 Å². The summed E-state index contributed by atoms with van der Waals surface area (Å²) >= 11 is 1.93. The zero-order chi connectivity index (χ0) is 11.4. The van der Waals surface area contributed by atoms with E-state index in [1.165, 1.54) is 21.6 Å². The van der Waals surface area contributed by atoms with E-state index in [1.807, 2.05) is 11.8 Å². The normalized spacial score (nSPS) is 12.9. The van der Waals surface area contributed by atoms with E-state index in [2.05, 4.69) is 39.8 Å². The molecule has 0 aliphatic carbocycles. The molecule has 0 aromatic heterocycles. The molecule has 1 rings (SSSR count). The summed E-state index contributed by atoms with van der Waals surface area (Å²) in [6.45, 7) is 8.59. The molecule has 84 valence electrons. The molecule has 0 fully saturated rings. The highest BCUT2D eigenvalue weighted by atomic mass is 32.2. The van der Waals surface area contributed by atoms with Gasteiger partial charge in [0.15, 0.2) is 0 Å². The summed E-state index contributed by atoms with van der Waals surface area (Å²) in [5.74, 6) is 1.11. The van der Waals surface area contributed by atoms with Crippen LogP contribution in [0, 0.1) is 20.8 Å². The van der Waals surface area contributed by atoms with Crippen LogP contribution in [0.3, 0.4) is 0 Å². The smallest absolute Gasteiger partial charge is 0.0131 e. The van der Waals surface area contributed by atoms with Gasteiger partial charge in [-0.3, -0.25) is 0 Å².